The average molecular weight is 677 g/mol. The van der Waals surface area contributed by atoms with Crippen molar-refractivity contribution in [3.63, 3.8) is 0 Å². The van der Waals surface area contributed by atoms with E-state index in [1.807, 2.05) is 12.1 Å². The molecular weight excluding hydrogens is 641 g/mol. The molecule has 10 rings (SSSR count). The minimum atomic E-state index is 0.874. The van der Waals surface area contributed by atoms with E-state index in [2.05, 4.69) is 169 Å². The zero-order valence-corrected chi connectivity index (χ0v) is 29.3. The highest BCUT2D eigenvalue weighted by Crippen LogP contribution is 2.47. The van der Waals surface area contributed by atoms with E-state index in [0.717, 1.165) is 35.3 Å². The Hall–Kier alpha value is -6.77. The number of nitrogens with zero attached hydrogens (tertiary/aromatic N) is 1. The zero-order valence-electron chi connectivity index (χ0n) is 29.3. The van der Waals surface area contributed by atoms with Crippen molar-refractivity contribution in [3.8, 4) is 27.9 Å². The van der Waals surface area contributed by atoms with Gasteiger partial charge in [0.25, 0.3) is 0 Å². The summed E-state index contributed by atoms with van der Waals surface area (Å²) in [5.41, 5.74) is 12.8. The van der Waals surface area contributed by atoms with Crippen LogP contribution in [0.4, 0.5) is 0 Å². The summed E-state index contributed by atoms with van der Waals surface area (Å²) in [5.74, 6) is 0. The third kappa shape index (κ3) is 4.91. The van der Waals surface area contributed by atoms with Gasteiger partial charge >= 0.3 is 0 Å². The lowest BCUT2D eigenvalue weighted by Gasteiger charge is -2.21. The van der Waals surface area contributed by atoms with E-state index < -0.39 is 0 Å². The highest BCUT2D eigenvalue weighted by atomic mass is 15.0. The molecule has 0 saturated carbocycles. The first-order chi connectivity index (χ1) is 26.2. The van der Waals surface area contributed by atoms with Crippen molar-refractivity contribution >= 4 is 67.0 Å². The Balaban J connectivity index is 1.27. The summed E-state index contributed by atoms with van der Waals surface area (Å²) in [4.78, 5) is 0. The van der Waals surface area contributed by atoms with Crippen molar-refractivity contribution in [2.24, 2.45) is 0 Å². The molecule has 0 aliphatic heterocycles. The van der Waals surface area contributed by atoms with Gasteiger partial charge in [-0.05, 0) is 126 Å². The highest BCUT2D eigenvalue weighted by Gasteiger charge is 2.25. The van der Waals surface area contributed by atoms with Crippen LogP contribution in [0.5, 0.6) is 0 Å². The van der Waals surface area contributed by atoms with Gasteiger partial charge in [0.2, 0.25) is 0 Å². The van der Waals surface area contributed by atoms with Crippen LogP contribution in [0.15, 0.2) is 164 Å². The van der Waals surface area contributed by atoms with Gasteiger partial charge in [0.15, 0.2) is 0 Å². The minimum absolute atomic E-state index is 0.874. The number of hydrogen-bond acceptors (Lipinski definition) is 1. The Labute approximate surface area is 309 Å². The van der Waals surface area contributed by atoms with Crippen LogP contribution in [0.1, 0.15) is 34.5 Å². The lowest BCUT2D eigenvalue weighted by molar-refractivity contribution is 0.878. The average Bonchev–Trinajstić information content (AvgIpc) is 3.55. The first kappa shape index (κ1) is 31.0. The molecule has 9 aromatic rings. The first-order valence-corrected chi connectivity index (χ1v) is 18.3. The molecule has 0 bridgehead atoms. The normalized spacial score (nSPS) is 12.6. The van der Waals surface area contributed by atoms with Crippen LogP contribution in [-0.2, 0) is 6.42 Å². The summed E-state index contributed by atoms with van der Waals surface area (Å²) in [6.45, 7) is 4.17. The molecule has 0 spiro atoms. The molecule has 0 saturated heterocycles. The number of para-hydroxylation sites is 1. The van der Waals surface area contributed by atoms with Crippen molar-refractivity contribution in [1.29, 1.82) is 5.41 Å². The van der Waals surface area contributed by atoms with Crippen molar-refractivity contribution in [2.45, 2.75) is 12.8 Å². The summed E-state index contributed by atoms with van der Waals surface area (Å²) >= 11 is 0. The number of fused-ring (bicyclic) bond motifs is 5. The number of nitrogens with one attached hydrogen (secondary N) is 1. The number of hydrogen-bond donors (Lipinski definition) is 1. The fraction of sp³-hybridized carbons (Fsp3) is 0.0392. The molecule has 0 atom stereocenters. The molecule has 1 N–H and O–H groups in total. The zero-order chi connectivity index (χ0) is 35.5. The number of aromatic nitrogens is 1. The van der Waals surface area contributed by atoms with Crippen LogP contribution >= 0.6 is 0 Å². The van der Waals surface area contributed by atoms with Gasteiger partial charge in [0, 0.05) is 28.7 Å². The topological polar surface area (TPSA) is 28.8 Å². The van der Waals surface area contributed by atoms with Crippen LogP contribution < -0.4 is 0 Å². The molecule has 53 heavy (non-hydrogen) atoms. The van der Waals surface area contributed by atoms with Gasteiger partial charge in [-0.15, -0.1) is 0 Å². The van der Waals surface area contributed by atoms with Crippen LogP contribution in [0.2, 0.25) is 0 Å². The van der Waals surface area contributed by atoms with Crippen LogP contribution in [0.3, 0.4) is 0 Å². The third-order valence-electron chi connectivity index (χ3n) is 11.2. The summed E-state index contributed by atoms with van der Waals surface area (Å²) in [5, 5.41) is 18.4. The molecule has 250 valence electrons. The van der Waals surface area contributed by atoms with Gasteiger partial charge in [-0.25, -0.2) is 0 Å². The van der Waals surface area contributed by atoms with Gasteiger partial charge in [0.1, 0.15) is 0 Å². The molecule has 0 unspecified atom stereocenters. The van der Waals surface area contributed by atoms with E-state index in [4.69, 9.17) is 5.41 Å². The summed E-state index contributed by atoms with van der Waals surface area (Å²) < 4.78 is 2.29. The van der Waals surface area contributed by atoms with Crippen LogP contribution in [-0.4, -0.2) is 10.8 Å². The second kappa shape index (κ2) is 12.5. The van der Waals surface area contributed by atoms with Crippen LogP contribution in [0.25, 0.3) is 88.8 Å². The van der Waals surface area contributed by atoms with E-state index in [-0.39, 0.29) is 0 Å². The second-order valence-corrected chi connectivity index (χ2v) is 14.0. The monoisotopic (exact) mass is 676 g/mol. The second-order valence-electron chi connectivity index (χ2n) is 14.0. The van der Waals surface area contributed by atoms with Crippen molar-refractivity contribution in [1.82, 2.24) is 4.57 Å². The van der Waals surface area contributed by atoms with E-state index in [0.29, 0.717) is 0 Å². The molecule has 2 heteroatoms. The first-order valence-electron chi connectivity index (χ1n) is 18.3. The predicted molar refractivity (Wildman–Crippen MR) is 227 cm³/mol. The summed E-state index contributed by atoms with van der Waals surface area (Å²) in [6, 6.07) is 57.4. The van der Waals surface area contributed by atoms with E-state index in [9.17, 15) is 0 Å². The fourth-order valence-electron chi connectivity index (χ4n) is 8.81. The molecular formula is C51H36N2. The van der Waals surface area contributed by atoms with Gasteiger partial charge < -0.3 is 9.98 Å². The van der Waals surface area contributed by atoms with E-state index in [1.165, 1.54) is 88.4 Å². The maximum absolute atomic E-state index is 8.49. The highest BCUT2D eigenvalue weighted by molar-refractivity contribution is 6.24. The van der Waals surface area contributed by atoms with Gasteiger partial charge in [0.05, 0.1) is 5.69 Å². The number of benzene rings is 8. The summed E-state index contributed by atoms with van der Waals surface area (Å²) in [6.07, 6.45) is 7.49. The molecule has 2 nitrogen and oxygen atoms in total. The quantitative estimate of drug-likeness (QED) is 0.134. The molecule has 0 radical (unpaired) electrons. The lowest BCUT2D eigenvalue weighted by Crippen LogP contribution is -2.06. The lowest BCUT2D eigenvalue weighted by atomic mass is 9.82. The van der Waals surface area contributed by atoms with Crippen molar-refractivity contribution in [3.05, 3.63) is 192 Å². The maximum atomic E-state index is 8.49. The molecule has 1 heterocycles. The Morgan fingerprint density at radius 3 is 1.98 bits per heavy atom. The largest absolute Gasteiger partial charge is 0.313 e. The van der Waals surface area contributed by atoms with Crippen molar-refractivity contribution < 1.29 is 0 Å². The molecule has 0 fully saturated rings. The maximum Gasteiger partial charge on any atom is 0.0547 e. The molecule has 1 aliphatic carbocycles. The van der Waals surface area contributed by atoms with Crippen LogP contribution in [0, 0.1) is 5.41 Å². The Morgan fingerprint density at radius 1 is 0.528 bits per heavy atom. The van der Waals surface area contributed by atoms with Crippen molar-refractivity contribution in [2.75, 3.05) is 0 Å². The molecule has 1 aliphatic rings. The molecule has 8 aromatic carbocycles. The molecule has 0 amide bonds. The number of rotatable bonds is 6. The molecule has 1 aromatic heterocycles. The Kier molecular flexibility index (Phi) is 7.30. The SMILES string of the molecule is C=Cc1c(C=N)c2c(n1-c1ccccc1)CCC(c1ccc3c(-c4ccc5ccccc5c4)c4ccccc4c(-c4cccc5ccccc45)c3c1)=C2. The summed E-state index contributed by atoms with van der Waals surface area (Å²) in [7, 11) is 0. The van der Waals surface area contributed by atoms with Gasteiger partial charge in [-0.1, -0.05) is 140 Å². The van der Waals surface area contributed by atoms with E-state index in [1.54, 1.807) is 0 Å². The Morgan fingerprint density at radius 2 is 1.19 bits per heavy atom. The standard InChI is InChI=1S/C51H36N2/c1-2-48-47(32-52)45-30-37(26-28-49(45)53(48)39-17-4-3-5-18-39)36-25-27-44-46(31-36)51(41-22-12-16-34-14-8-9-19-40(34)41)43-21-11-10-20-42(43)50(44)38-24-23-33-13-6-7-15-35(33)29-38/h2-25,27,29-32,52H,1,26,28H2. The smallest absolute Gasteiger partial charge is 0.0547 e. The Bertz CT molecular complexity index is 2970. The third-order valence-corrected chi connectivity index (χ3v) is 11.2. The van der Waals surface area contributed by atoms with Gasteiger partial charge in [-0.2, -0.15) is 0 Å². The fourth-order valence-corrected chi connectivity index (χ4v) is 8.81. The van der Waals surface area contributed by atoms with E-state index >= 15 is 0 Å². The minimum Gasteiger partial charge on any atom is -0.313 e. The number of allylic oxidation sites excluding steroid dienone is 1. The predicted octanol–water partition coefficient (Wildman–Crippen LogP) is 13.6. The van der Waals surface area contributed by atoms with Gasteiger partial charge in [-0.3, -0.25) is 0 Å².